The summed E-state index contributed by atoms with van der Waals surface area (Å²) in [6, 6.07) is 21.2. The number of ether oxygens (including phenoxy) is 1. The van der Waals surface area contributed by atoms with Gasteiger partial charge in [-0.05, 0) is 67.9 Å². The fraction of sp³-hybridized carbons (Fsp3) is 0.308. The Labute approximate surface area is 188 Å². The largest absolute Gasteiger partial charge is 0.492 e. The highest BCUT2D eigenvalue weighted by Gasteiger charge is 2.28. The lowest BCUT2D eigenvalue weighted by molar-refractivity contribution is -0.127. The molecule has 0 bridgehead atoms. The minimum atomic E-state index is -0.475. The standard InChI is InChI=1S/C26H28FN3O2/c27-22-8-6-7-21(19-22)25(24-11-4-5-14-28-24)29-26(31)20-12-15-30(16-13-20)17-18-32-23-9-2-1-3-10-23/h1-11,14,19-20,25H,12-13,15-18H2,(H,29,31)/t25-/m0/s1. The van der Waals surface area contributed by atoms with E-state index >= 15 is 0 Å². The molecule has 0 unspecified atom stereocenters. The summed E-state index contributed by atoms with van der Waals surface area (Å²) in [6.45, 7) is 3.17. The third kappa shape index (κ3) is 5.92. The van der Waals surface area contributed by atoms with Gasteiger partial charge >= 0.3 is 0 Å². The van der Waals surface area contributed by atoms with Gasteiger partial charge in [-0.25, -0.2) is 4.39 Å². The number of para-hydroxylation sites is 1. The first kappa shape index (κ1) is 22.0. The fourth-order valence-corrected chi connectivity index (χ4v) is 4.05. The molecule has 1 aliphatic rings. The van der Waals surface area contributed by atoms with Gasteiger partial charge in [0.25, 0.3) is 0 Å². The second kappa shape index (κ2) is 10.9. The minimum Gasteiger partial charge on any atom is -0.492 e. The van der Waals surface area contributed by atoms with Gasteiger partial charge in [-0.1, -0.05) is 36.4 Å². The second-order valence-corrected chi connectivity index (χ2v) is 8.03. The van der Waals surface area contributed by atoms with Crippen LogP contribution in [0.1, 0.15) is 30.1 Å². The molecule has 3 aromatic rings. The van der Waals surface area contributed by atoms with Crippen molar-refractivity contribution in [3.63, 3.8) is 0 Å². The Morgan fingerprint density at radius 2 is 1.84 bits per heavy atom. The molecule has 1 aromatic heterocycles. The molecule has 6 heteroatoms. The van der Waals surface area contributed by atoms with Crippen LogP contribution >= 0.6 is 0 Å². The lowest BCUT2D eigenvalue weighted by Gasteiger charge is -2.32. The van der Waals surface area contributed by atoms with Crippen LogP contribution in [0.25, 0.3) is 0 Å². The van der Waals surface area contributed by atoms with Crippen LogP contribution in [0.15, 0.2) is 79.0 Å². The zero-order valence-corrected chi connectivity index (χ0v) is 18.0. The molecule has 32 heavy (non-hydrogen) atoms. The number of nitrogens with zero attached hydrogens (tertiary/aromatic N) is 2. The minimum absolute atomic E-state index is 0.00917. The van der Waals surface area contributed by atoms with Gasteiger partial charge in [-0.3, -0.25) is 14.7 Å². The summed E-state index contributed by atoms with van der Waals surface area (Å²) in [5.41, 5.74) is 1.38. The molecule has 0 saturated carbocycles. The zero-order valence-electron chi connectivity index (χ0n) is 18.0. The van der Waals surface area contributed by atoms with Crippen LogP contribution in [0, 0.1) is 11.7 Å². The van der Waals surface area contributed by atoms with E-state index in [1.165, 1.54) is 12.1 Å². The molecule has 166 valence electrons. The molecule has 1 amide bonds. The first-order valence-electron chi connectivity index (χ1n) is 11.1. The number of aromatic nitrogens is 1. The Hall–Kier alpha value is -3.25. The molecule has 1 atom stereocenters. The van der Waals surface area contributed by atoms with E-state index in [2.05, 4.69) is 15.2 Å². The van der Waals surface area contributed by atoms with Crippen LogP contribution in [0.5, 0.6) is 5.75 Å². The van der Waals surface area contributed by atoms with E-state index in [1.54, 1.807) is 12.3 Å². The third-order valence-corrected chi connectivity index (χ3v) is 5.83. The molecule has 1 N–H and O–H groups in total. The molecule has 0 aliphatic carbocycles. The van der Waals surface area contributed by atoms with E-state index < -0.39 is 6.04 Å². The van der Waals surface area contributed by atoms with Crippen molar-refractivity contribution >= 4 is 5.91 Å². The first-order valence-corrected chi connectivity index (χ1v) is 11.1. The van der Waals surface area contributed by atoms with Gasteiger partial charge in [0, 0.05) is 18.7 Å². The summed E-state index contributed by atoms with van der Waals surface area (Å²) in [7, 11) is 0. The van der Waals surface area contributed by atoms with Gasteiger partial charge < -0.3 is 10.1 Å². The lowest BCUT2D eigenvalue weighted by atomic mass is 9.94. The highest BCUT2D eigenvalue weighted by molar-refractivity contribution is 5.79. The maximum absolute atomic E-state index is 13.8. The molecule has 2 aromatic carbocycles. The Morgan fingerprint density at radius 3 is 2.56 bits per heavy atom. The SMILES string of the molecule is O=C(N[C@@H](c1cccc(F)c1)c1ccccn1)C1CCN(CCOc2ccccc2)CC1. The van der Waals surface area contributed by atoms with Crippen molar-refractivity contribution in [2.45, 2.75) is 18.9 Å². The fourth-order valence-electron chi connectivity index (χ4n) is 4.05. The van der Waals surface area contributed by atoms with E-state index in [0.29, 0.717) is 17.9 Å². The first-order chi connectivity index (χ1) is 15.7. The monoisotopic (exact) mass is 433 g/mol. The van der Waals surface area contributed by atoms with E-state index in [0.717, 1.165) is 38.2 Å². The Bertz CT molecular complexity index is 992. The molecule has 0 radical (unpaired) electrons. The highest BCUT2D eigenvalue weighted by atomic mass is 19.1. The maximum atomic E-state index is 13.8. The number of benzene rings is 2. The van der Waals surface area contributed by atoms with Crippen molar-refractivity contribution < 1.29 is 13.9 Å². The van der Waals surface area contributed by atoms with Gasteiger partial charge in [0.2, 0.25) is 5.91 Å². The van der Waals surface area contributed by atoms with Gasteiger partial charge in [-0.15, -0.1) is 0 Å². The highest BCUT2D eigenvalue weighted by Crippen LogP contribution is 2.24. The van der Waals surface area contributed by atoms with E-state index in [1.807, 2.05) is 54.6 Å². The Kier molecular flexibility index (Phi) is 7.46. The number of amides is 1. The number of carbonyl (C=O) groups is 1. The summed E-state index contributed by atoms with van der Waals surface area (Å²) in [4.78, 5) is 19.8. The third-order valence-electron chi connectivity index (χ3n) is 5.83. The lowest BCUT2D eigenvalue weighted by Crippen LogP contribution is -2.43. The normalized spacial score (nSPS) is 15.8. The number of hydrogen-bond donors (Lipinski definition) is 1. The summed E-state index contributed by atoms with van der Waals surface area (Å²) in [5.74, 6) is 0.467. The average molecular weight is 434 g/mol. The number of likely N-dealkylation sites (tertiary alicyclic amines) is 1. The van der Waals surface area contributed by atoms with Crippen LogP contribution < -0.4 is 10.1 Å². The number of halogens is 1. The van der Waals surface area contributed by atoms with Gasteiger partial charge in [0.05, 0.1) is 11.7 Å². The predicted octanol–water partition coefficient (Wildman–Crippen LogP) is 4.22. The van der Waals surface area contributed by atoms with Crippen LogP contribution in [0.4, 0.5) is 4.39 Å². The van der Waals surface area contributed by atoms with Gasteiger partial charge in [0.1, 0.15) is 18.2 Å². The second-order valence-electron chi connectivity index (χ2n) is 8.03. The molecule has 1 saturated heterocycles. The van der Waals surface area contributed by atoms with Crippen LogP contribution in [0.3, 0.4) is 0 Å². The van der Waals surface area contributed by atoms with Gasteiger partial charge in [-0.2, -0.15) is 0 Å². The van der Waals surface area contributed by atoms with Crippen molar-refractivity contribution in [1.82, 2.24) is 15.2 Å². The van der Waals surface area contributed by atoms with Crippen LogP contribution in [-0.2, 0) is 4.79 Å². The van der Waals surface area contributed by atoms with Crippen molar-refractivity contribution in [2.24, 2.45) is 5.92 Å². The summed E-state index contributed by atoms with van der Waals surface area (Å²) in [5, 5.41) is 3.11. The Morgan fingerprint density at radius 1 is 1.06 bits per heavy atom. The maximum Gasteiger partial charge on any atom is 0.224 e. The molecular formula is C26H28FN3O2. The van der Waals surface area contributed by atoms with Crippen LogP contribution in [-0.4, -0.2) is 42.0 Å². The van der Waals surface area contributed by atoms with Crippen molar-refractivity contribution in [2.75, 3.05) is 26.2 Å². The summed E-state index contributed by atoms with van der Waals surface area (Å²) >= 11 is 0. The topological polar surface area (TPSA) is 54.5 Å². The molecule has 2 heterocycles. The number of carbonyl (C=O) groups excluding carboxylic acids is 1. The average Bonchev–Trinajstić information content (AvgIpc) is 2.84. The molecule has 1 fully saturated rings. The quantitative estimate of drug-likeness (QED) is 0.578. The molecule has 4 rings (SSSR count). The molecule has 1 aliphatic heterocycles. The molecule has 5 nitrogen and oxygen atoms in total. The number of nitrogens with one attached hydrogen (secondary N) is 1. The predicted molar refractivity (Wildman–Crippen MR) is 122 cm³/mol. The summed E-state index contributed by atoms with van der Waals surface area (Å²) in [6.07, 6.45) is 3.26. The number of hydrogen-bond acceptors (Lipinski definition) is 4. The van der Waals surface area contributed by atoms with E-state index in [9.17, 15) is 9.18 Å². The van der Waals surface area contributed by atoms with Crippen molar-refractivity contribution in [3.05, 3.63) is 96.1 Å². The number of piperidine rings is 1. The number of pyridine rings is 1. The molecule has 0 spiro atoms. The smallest absolute Gasteiger partial charge is 0.224 e. The van der Waals surface area contributed by atoms with Crippen molar-refractivity contribution in [3.8, 4) is 5.75 Å². The summed E-state index contributed by atoms with van der Waals surface area (Å²) < 4.78 is 19.6. The van der Waals surface area contributed by atoms with E-state index in [-0.39, 0.29) is 17.6 Å². The van der Waals surface area contributed by atoms with Crippen molar-refractivity contribution in [1.29, 1.82) is 0 Å². The Balaban J connectivity index is 1.31. The van der Waals surface area contributed by atoms with Crippen LogP contribution in [0.2, 0.25) is 0 Å². The van der Waals surface area contributed by atoms with E-state index in [4.69, 9.17) is 4.74 Å². The molecular weight excluding hydrogens is 405 g/mol. The zero-order chi connectivity index (χ0) is 22.2. The number of rotatable bonds is 8. The van der Waals surface area contributed by atoms with Gasteiger partial charge in [0.15, 0.2) is 0 Å².